The highest BCUT2D eigenvalue weighted by atomic mass is 79.9. The number of piperazine rings is 1. The van der Waals surface area contributed by atoms with Crippen molar-refractivity contribution in [2.24, 2.45) is 0 Å². The standard InChI is InChI=1S/C12H14BrFN2O/c1-8-7-15-5-6-16(8)12(17)11-9(13)3-2-4-10(11)14/h2-4,8,15H,5-7H2,1H3/t8-/m1/s1. The minimum atomic E-state index is -0.477. The van der Waals surface area contributed by atoms with Gasteiger partial charge in [0.05, 0.1) is 5.56 Å². The molecule has 1 heterocycles. The molecule has 0 bridgehead atoms. The van der Waals surface area contributed by atoms with Crippen LogP contribution in [-0.4, -0.2) is 36.5 Å². The molecule has 1 aromatic carbocycles. The molecule has 5 heteroatoms. The molecular formula is C12H14BrFN2O. The molecule has 0 aliphatic carbocycles. The van der Waals surface area contributed by atoms with Crippen molar-refractivity contribution in [1.29, 1.82) is 0 Å². The van der Waals surface area contributed by atoms with Crippen LogP contribution >= 0.6 is 15.9 Å². The number of hydrogen-bond donors (Lipinski definition) is 1. The lowest BCUT2D eigenvalue weighted by Gasteiger charge is -2.34. The SMILES string of the molecule is C[C@@H]1CNCCN1C(=O)c1c(F)cccc1Br. The van der Waals surface area contributed by atoms with E-state index in [-0.39, 0.29) is 17.5 Å². The van der Waals surface area contributed by atoms with Crippen LogP contribution in [0.5, 0.6) is 0 Å². The number of hydrogen-bond acceptors (Lipinski definition) is 2. The topological polar surface area (TPSA) is 32.3 Å². The summed E-state index contributed by atoms with van der Waals surface area (Å²) >= 11 is 3.23. The van der Waals surface area contributed by atoms with Crippen molar-refractivity contribution in [1.82, 2.24) is 10.2 Å². The van der Waals surface area contributed by atoms with Crippen molar-refractivity contribution >= 4 is 21.8 Å². The predicted molar refractivity (Wildman–Crippen MR) is 67.5 cm³/mol. The van der Waals surface area contributed by atoms with Gasteiger partial charge in [0.1, 0.15) is 5.82 Å². The Balaban J connectivity index is 2.30. The summed E-state index contributed by atoms with van der Waals surface area (Å²) in [7, 11) is 0. The third kappa shape index (κ3) is 2.50. The third-order valence-electron chi connectivity index (χ3n) is 2.94. The highest BCUT2D eigenvalue weighted by Crippen LogP contribution is 2.22. The summed E-state index contributed by atoms with van der Waals surface area (Å²) in [6.45, 7) is 4.07. The first-order valence-corrected chi connectivity index (χ1v) is 6.36. The molecule has 3 nitrogen and oxygen atoms in total. The first-order chi connectivity index (χ1) is 8.11. The van der Waals surface area contributed by atoms with Gasteiger partial charge in [0.25, 0.3) is 5.91 Å². The average molecular weight is 301 g/mol. The van der Waals surface area contributed by atoms with Crippen LogP contribution in [-0.2, 0) is 0 Å². The molecule has 1 fully saturated rings. The maximum absolute atomic E-state index is 13.7. The van der Waals surface area contributed by atoms with Crippen molar-refractivity contribution in [3.63, 3.8) is 0 Å². The van der Waals surface area contributed by atoms with Crippen molar-refractivity contribution in [3.8, 4) is 0 Å². The molecule has 1 aliphatic heterocycles. The molecular weight excluding hydrogens is 287 g/mol. The number of nitrogens with one attached hydrogen (secondary N) is 1. The summed E-state index contributed by atoms with van der Waals surface area (Å²) in [6, 6.07) is 4.66. The molecule has 0 radical (unpaired) electrons. The van der Waals surface area contributed by atoms with Crippen molar-refractivity contribution in [2.45, 2.75) is 13.0 Å². The van der Waals surface area contributed by atoms with E-state index in [4.69, 9.17) is 0 Å². The number of carbonyl (C=O) groups is 1. The monoisotopic (exact) mass is 300 g/mol. The number of nitrogens with zero attached hydrogens (tertiary/aromatic N) is 1. The van der Waals surface area contributed by atoms with Crippen LogP contribution in [0.2, 0.25) is 0 Å². The van der Waals surface area contributed by atoms with E-state index in [1.807, 2.05) is 6.92 Å². The van der Waals surface area contributed by atoms with E-state index < -0.39 is 5.82 Å². The molecule has 0 spiro atoms. The zero-order valence-corrected chi connectivity index (χ0v) is 11.1. The Kier molecular flexibility index (Phi) is 3.79. The van der Waals surface area contributed by atoms with E-state index in [0.29, 0.717) is 11.0 Å². The van der Waals surface area contributed by atoms with Gasteiger partial charge in [-0.1, -0.05) is 6.07 Å². The smallest absolute Gasteiger partial charge is 0.258 e. The van der Waals surface area contributed by atoms with E-state index in [1.165, 1.54) is 6.07 Å². The van der Waals surface area contributed by atoms with E-state index in [2.05, 4.69) is 21.2 Å². The lowest BCUT2D eigenvalue weighted by molar-refractivity contribution is 0.0650. The lowest BCUT2D eigenvalue weighted by Crippen LogP contribution is -2.52. The van der Waals surface area contributed by atoms with Gasteiger partial charge in [0.2, 0.25) is 0 Å². The summed E-state index contributed by atoms with van der Waals surface area (Å²) < 4.78 is 14.2. The molecule has 1 aliphatic rings. The molecule has 17 heavy (non-hydrogen) atoms. The predicted octanol–water partition coefficient (Wildman–Crippen LogP) is 2.02. The Labute approximate surface area is 108 Å². The van der Waals surface area contributed by atoms with Crippen molar-refractivity contribution in [3.05, 3.63) is 34.1 Å². The minimum absolute atomic E-state index is 0.0859. The molecule has 0 saturated carbocycles. The molecule has 1 N–H and O–H groups in total. The molecule has 2 rings (SSSR count). The number of halogens is 2. The van der Waals surface area contributed by atoms with E-state index in [0.717, 1.165) is 13.1 Å². The van der Waals surface area contributed by atoms with Gasteiger partial charge in [0, 0.05) is 30.1 Å². The van der Waals surface area contributed by atoms with Crippen LogP contribution in [0.1, 0.15) is 17.3 Å². The maximum atomic E-state index is 13.7. The van der Waals surface area contributed by atoms with Crippen LogP contribution in [0.3, 0.4) is 0 Å². The highest BCUT2D eigenvalue weighted by Gasteiger charge is 2.27. The summed E-state index contributed by atoms with van der Waals surface area (Å²) in [6.07, 6.45) is 0. The Morgan fingerprint density at radius 3 is 3.00 bits per heavy atom. The van der Waals surface area contributed by atoms with Gasteiger partial charge in [0.15, 0.2) is 0 Å². The fraction of sp³-hybridized carbons (Fsp3) is 0.417. The van der Waals surface area contributed by atoms with E-state index in [9.17, 15) is 9.18 Å². The summed E-state index contributed by atoms with van der Waals surface area (Å²) in [5.74, 6) is -0.723. The fourth-order valence-corrected chi connectivity index (χ4v) is 2.50. The molecule has 1 amide bonds. The normalized spacial score (nSPS) is 20.4. The molecule has 1 aromatic rings. The number of amides is 1. The van der Waals surface area contributed by atoms with Gasteiger partial charge in [-0.2, -0.15) is 0 Å². The number of carbonyl (C=O) groups excluding carboxylic acids is 1. The lowest BCUT2D eigenvalue weighted by atomic mass is 10.1. The molecule has 0 aromatic heterocycles. The van der Waals surface area contributed by atoms with Crippen LogP contribution in [0.4, 0.5) is 4.39 Å². The minimum Gasteiger partial charge on any atom is -0.333 e. The van der Waals surface area contributed by atoms with Crippen molar-refractivity contribution in [2.75, 3.05) is 19.6 Å². The number of rotatable bonds is 1. The van der Waals surface area contributed by atoms with Crippen LogP contribution in [0, 0.1) is 5.82 Å². The Morgan fingerprint density at radius 2 is 2.35 bits per heavy atom. The van der Waals surface area contributed by atoms with Gasteiger partial charge in [-0.3, -0.25) is 4.79 Å². The van der Waals surface area contributed by atoms with Crippen LogP contribution in [0.15, 0.2) is 22.7 Å². The summed E-state index contributed by atoms with van der Waals surface area (Å²) in [5, 5.41) is 3.20. The zero-order chi connectivity index (χ0) is 12.4. The largest absolute Gasteiger partial charge is 0.333 e. The van der Waals surface area contributed by atoms with E-state index >= 15 is 0 Å². The van der Waals surface area contributed by atoms with Gasteiger partial charge in [-0.25, -0.2) is 4.39 Å². The molecule has 1 saturated heterocycles. The second-order valence-corrected chi connectivity index (χ2v) is 5.00. The Bertz CT molecular complexity index is 418. The quantitative estimate of drug-likeness (QED) is 0.861. The van der Waals surface area contributed by atoms with Gasteiger partial charge in [-0.05, 0) is 35.0 Å². The molecule has 1 atom stereocenters. The second kappa shape index (κ2) is 5.14. The van der Waals surface area contributed by atoms with Gasteiger partial charge >= 0.3 is 0 Å². The van der Waals surface area contributed by atoms with Gasteiger partial charge in [-0.15, -0.1) is 0 Å². The summed E-state index contributed by atoms with van der Waals surface area (Å²) in [4.78, 5) is 14.0. The van der Waals surface area contributed by atoms with Crippen LogP contribution < -0.4 is 5.32 Å². The average Bonchev–Trinajstić information content (AvgIpc) is 2.29. The fourth-order valence-electron chi connectivity index (χ4n) is 1.99. The summed E-state index contributed by atoms with van der Waals surface area (Å²) in [5.41, 5.74) is 0.126. The second-order valence-electron chi connectivity index (χ2n) is 4.15. The Morgan fingerprint density at radius 1 is 1.59 bits per heavy atom. The first kappa shape index (κ1) is 12.5. The van der Waals surface area contributed by atoms with Gasteiger partial charge < -0.3 is 10.2 Å². The Hall–Kier alpha value is -0.940. The highest BCUT2D eigenvalue weighted by molar-refractivity contribution is 9.10. The van der Waals surface area contributed by atoms with Crippen LogP contribution in [0.25, 0.3) is 0 Å². The van der Waals surface area contributed by atoms with Crippen molar-refractivity contribution < 1.29 is 9.18 Å². The molecule has 0 unspecified atom stereocenters. The first-order valence-electron chi connectivity index (χ1n) is 5.57. The molecule has 92 valence electrons. The maximum Gasteiger partial charge on any atom is 0.258 e. The zero-order valence-electron chi connectivity index (χ0n) is 9.54. The van der Waals surface area contributed by atoms with E-state index in [1.54, 1.807) is 17.0 Å². The third-order valence-corrected chi connectivity index (χ3v) is 3.60. The number of benzene rings is 1.